The third kappa shape index (κ3) is 3.70. The lowest BCUT2D eigenvalue weighted by Crippen LogP contribution is -2.28. The number of carbonyl (C=O) groups is 2. The number of pyridine rings is 2. The third-order valence-electron chi connectivity index (χ3n) is 6.28. The van der Waals surface area contributed by atoms with Crippen molar-refractivity contribution in [2.45, 2.75) is 32.7 Å². The van der Waals surface area contributed by atoms with Crippen LogP contribution in [-0.2, 0) is 4.79 Å². The van der Waals surface area contributed by atoms with Gasteiger partial charge in [-0.1, -0.05) is 6.07 Å². The molecule has 1 saturated carbocycles. The van der Waals surface area contributed by atoms with Gasteiger partial charge in [-0.15, -0.1) is 10.2 Å². The summed E-state index contributed by atoms with van der Waals surface area (Å²) < 4.78 is 22.2. The van der Waals surface area contributed by atoms with E-state index in [1.807, 2.05) is 31.4 Å². The number of fused-ring (bicyclic) bond motifs is 3. The Morgan fingerprint density at radius 2 is 2.06 bits per heavy atom. The predicted octanol–water partition coefficient (Wildman–Crippen LogP) is 3.20. The fourth-order valence-corrected chi connectivity index (χ4v) is 4.17. The molecular weight excluding hydrogens is 432 g/mol. The molecule has 1 aliphatic carbocycles. The maximum absolute atomic E-state index is 12.8. The second-order valence-corrected chi connectivity index (χ2v) is 8.58. The fraction of sp³-hybridized carbons (Fsp3) is 0.333. The van der Waals surface area contributed by atoms with Gasteiger partial charge in [0.25, 0.3) is 5.91 Å². The van der Waals surface area contributed by atoms with Crippen LogP contribution >= 0.6 is 0 Å². The Morgan fingerprint density at radius 3 is 2.82 bits per heavy atom. The van der Waals surface area contributed by atoms with Crippen molar-refractivity contribution in [3.8, 4) is 11.3 Å². The molecule has 1 atom stereocenters. The van der Waals surface area contributed by atoms with Crippen molar-refractivity contribution in [1.29, 1.82) is 0 Å². The molecule has 3 N–H and O–H groups in total. The standard InChI is InChI=1S/C24H26N8O2/c1-12-11-27-22(21-18(12)19-15(6-5-9-26-19)13(2)32(21)4)28-16-10-17(29-23(33)14-7-8-14)30-31-20(16)24(34)25-3/h5-6,9-11,13-14H,7-8H2,1-4H3,(H,25,34)(H2,27,28,29,30,33)/t13-/m0/s1/i3D3. The minimum Gasteiger partial charge on any atom is -0.364 e. The molecule has 0 bridgehead atoms. The molecule has 0 saturated heterocycles. The number of rotatable bonds is 5. The number of nitrogens with zero attached hydrogens (tertiary/aromatic N) is 5. The molecule has 10 nitrogen and oxygen atoms in total. The van der Waals surface area contributed by atoms with E-state index in [4.69, 9.17) is 4.11 Å². The van der Waals surface area contributed by atoms with E-state index in [0.29, 0.717) is 5.82 Å². The topological polar surface area (TPSA) is 125 Å². The fourth-order valence-electron chi connectivity index (χ4n) is 4.17. The van der Waals surface area contributed by atoms with Gasteiger partial charge in [0.05, 0.1) is 23.1 Å². The average molecular weight is 462 g/mol. The Labute approximate surface area is 201 Å². The molecule has 0 radical (unpaired) electrons. The number of hydrogen-bond acceptors (Lipinski definition) is 8. The summed E-state index contributed by atoms with van der Waals surface area (Å²) in [6, 6.07) is 5.38. The molecule has 3 aromatic rings. The minimum absolute atomic E-state index is 0.0114. The highest BCUT2D eigenvalue weighted by Gasteiger charge is 2.32. The Morgan fingerprint density at radius 1 is 1.24 bits per heavy atom. The number of hydrogen-bond donors (Lipinski definition) is 3. The van der Waals surface area contributed by atoms with Crippen LogP contribution in [0.2, 0.25) is 0 Å². The summed E-state index contributed by atoms with van der Waals surface area (Å²) in [6.45, 7) is 1.29. The number of carbonyl (C=O) groups excluding carboxylic acids is 2. The van der Waals surface area contributed by atoms with Crippen molar-refractivity contribution in [2.75, 3.05) is 29.6 Å². The van der Waals surface area contributed by atoms with Gasteiger partial charge in [0.2, 0.25) is 5.91 Å². The van der Waals surface area contributed by atoms with Gasteiger partial charge >= 0.3 is 0 Å². The molecule has 0 spiro atoms. The van der Waals surface area contributed by atoms with Crippen LogP contribution in [0.5, 0.6) is 0 Å². The van der Waals surface area contributed by atoms with E-state index in [-0.39, 0.29) is 35.1 Å². The summed E-state index contributed by atoms with van der Waals surface area (Å²) in [7, 11) is 1.94. The van der Waals surface area contributed by atoms with Gasteiger partial charge in [-0.2, -0.15) is 0 Å². The second-order valence-electron chi connectivity index (χ2n) is 8.58. The normalized spacial score (nSPS) is 18.0. The van der Waals surface area contributed by atoms with E-state index in [1.54, 1.807) is 12.4 Å². The lowest BCUT2D eigenvalue weighted by Gasteiger charge is -2.36. The van der Waals surface area contributed by atoms with E-state index >= 15 is 0 Å². The zero-order chi connectivity index (χ0) is 26.5. The summed E-state index contributed by atoms with van der Waals surface area (Å²) in [5.74, 6) is -0.627. The molecule has 2 amide bonds. The molecule has 5 rings (SSSR count). The van der Waals surface area contributed by atoms with Gasteiger partial charge in [0.15, 0.2) is 17.3 Å². The van der Waals surface area contributed by atoms with E-state index in [1.165, 1.54) is 6.07 Å². The number of amides is 2. The van der Waals surface area contributed by atoms with Crippen molar-refractivity contribution in [1.82, 2.24) is 25.5 Å². The molecule has 0 aromatic carbocycles. The second kappa shape index (κ2) is 8.36. The smallest absolute Gasteiger partial charge is 0.273 e. The molecule has 0 unspecified atom stereocenters. The number of aryl methyl sites for hydroxylation is 1. The maximum Gasteiger partial charge on any atom is 0.273 e. The Bertz CT molecular complexity index is 1410. The van der Waals surface area contributed by atoms with Crippen molar-refractivity contribution in [3.05, 3.63) is 47.4 Å². The molecule has 10 heteroatoms. The number of anilines is 4. The van der Waals surface area contributed by atoms with Crippen molar-refractivity contribution >= 4 is 34.8 Å². The number of aromatic nitrogens is 4. The zero-order valence-corrected chi connectivity index (χ0v) is 19.0. The van der Waals surface area contributed by atoms with E-state index < -0.39 is 12.9 Å². The number of nitrogens with one attached hydrogen (secondary N) is 3. The van der Waals surface area contributed by atoms with Crippen LogP contribution in [0.4, 0.5) is 23.0 Å². The molecule has 1 aliphatic heterocycles. The lowest BCUT2D eigenvalue weighted by atomic mass is 9.91. The summed E-state index contributed by atoms with van der Waals surface area (Å²) in [6.07, 6.45) is 5.06. The molecule has 2 aliphatic rings. The van der Waals surface area contributed by atoms with Gasteiger partial charge in [-0.3, -0.25) is 14.6 Å². The van der Waals surface area contributed by atoms with Crippen LogP contribution in [0.25, 0.3) is 11.3 Å². The molecule has 34 heavy (non-hydrogen) atoms. The molecule has 4 heterocycles. The Kier molecular flexibility index (Phi) is 4.52. The first-order chi connectivity index (χ1) is 17.5. The van der Waals surface area contributed by atoms with Crippen LogP contribution in [-0.4, -0.2) is 46.0 Å². The highest BCUT2D eigenvalue weighted by Crippen LogP contribution is 2.47. The summed E-state index contributed by atoms with van der Waals surface area (Å²) in [4.78, 5) is 36.4. The van der Waals surface area contributed by atoms with Gasteiger partial charge < -0.3 is 20.9 Å². The molecular formula is C24H26N8O2. The quantitative estimate of drug-likeness (QED) is 0.529. The summed E-state index contributed by atoms with van der Waals surface area (Å²) in [5.41, 5.74) is 4.40. The summed E-state index contributed by atoms with van der Waals surface area (Å²) in [5, 5.41) is 15.7. The summed E-state index contributed by atoms with van der Waals surface area (Å²) >= 11 is 0. The van der Waals surface area contributed by atoms with Crippen LogP contribution in [0.3, 0.4) is 0 Å². The Balaban J connectivity index is 1.60. The van der Waals surface area contributed by atoms with Crippen molar-refractivity contribution in [3.63, 3.8) is 0 Å². The van der Waals surface area contributed by atoms with Crippen molar-refractivity contribution < 1.29 is 13.7 Å². The van der Waals surface area contributed by atoms with E-state index in [2.05, 4.69) is 42.6 Å². The SMILES string of the molecule is [2H]C([2H])([2H])NC(=O)c1nnc(NC(=O)C2CC2)cc1Nc1ncc(C)c2c1N(C)[C@@H](C)c1cccnc1-2. The van der Waals surface area contributed by atoms with E-state index in [0.717, 1.165) is 40.9 Å². The Hall–Kier alpha value is -4.08. The van der Waals surface area contributed by atoms with Gasteiger partial charge in [0, 0.05) is 53.6 Å². The largest absolute Gasteiger partial charge is 0.364 e. The van der Waals surface area contributed by atoms with Crippen molar-refractivity contribution in [2.24, 2.45) is 5.92 Å². The zero-order valence-electron chi connectivity index (χ0n) is 22.0. The highest BCUT2D eigenvalue weighted by molar-refractivity contribution is 6.01. The molecule has 1 fully saturated rings. The van der Waals surface area contributed by atoms with Crippen LogP contribution in [0.15, 0.2) is 30.6 Å². The lowest BCUT2D eigenvalue weighted by molar-refractivity contribution is -0.117. The first-order valence-electron chi connectivity index (χ1n) is 12.5. The highest BCUT2D eigenvalue weighted by atomic mass is 16.2. The molecule has 174 valence electrons. The predicted molar refractivity (Wildman–Crippen MR) is 129 cm³/mol. The van der Waals surface area contributed by atoms with Gasteiger partial charge in [-0.05, 0) is 38.3 Å². The first-order valence-corrected chi connectivity index (χ1v) is 11.0. The van der Waals surface area contributed by atoms with Crippen LogP contribution < -0.4 is 20.9 Å². The third-order valence-corrected chi connectivity index (χ3v) is 6.28. The van der Waals surface area contributed by atoms with Gasteiger partial charge in [-0.25, -0.2) is 4.98 Å². The first kappa shape index (κ1) is 18.4. The van der Waals surface area contributed by atoms with Gasteiger partial charge in [0.1, 0.15) is 0 Å². The molecule has 3 aromatic heterocycles. The average Bonchev–Trinajstić information content (AvgIpc) is 3.68. The minimum atomic E-state index is -2.72. The van der Waals surface area contributed by atoms with Crippen LogP contribution in [0, 0.1) is 12.8 Å². The monoisotopic (exact) mass is 461 g/mol. The van der Waals surface area contributed by atoms with E-state index in [9.17, 15) is 9.59 Å². The maximum atomic E-state index is 12.8. The van der Waals surface area contributed by atoms with Crippen LogP contribution in [0.1, 0.15) is 51.5 Å².